The van der Waals surface area contributed by atoms with E-state index < -0.39 is 0 Å². The maximum atomic E-state index is 11.9. The van der Waals surface area contributed by atoms with Crippen LogP contribution in [0.4, 0.5) is 0 Å². The molecule has 2 fully saturated rings. The lowest BCUT2D eigenvalue weighted by Crippen LogP contribution is -2.54. The molecule has 104 valence electrons. The van der Waals surface area contributed by atoms with Crippen LogP contribution in [0.2, 0.25) is 0 Å². The first kappa shape index (κ1) is 13.8. The van der Waals surface area contributed by atoms with E-state index in [0.717, 1.165) is 12.8 Å². The third-order valence-electron chi connectivity index (χ3n) is 4.25. The zero-order valence-corrected chi connectivity index (χ0v) is 11.5. The molecule has 2 saturated carbocycles. The molecule has 0 aliphatic heterocycles. The highest BCUT2D eigenvalue weighted by Crippen LogP contribution is 2.39. The summed E-state index contributed by atoms with van der Waals surface area (Å²) in [6.45, 7) is 4.07. The maximum Gasteiger partial charge on any atom is 0.246 e. The Kier molecular flexibility index (Phi) is 4.62. The molecule has 0 heterocycles. The van der Waals surface area contributed by atoms with Crippen molar-refractivity contribution in [2.45, 2.75) is 64.1 Å². The standard InChI is InChI=1S/C14H26N2O2/c1-9(2)18-8-13(17)16-14-10-4-3-5-11(14)7-12(15)6-10/h9-12,14H,3-8,15H2,1-2H3,(H,16,17). The lowest BCUT2D eigenvalue weighted by atomic mass is 9.67. The van der Waals surface area contributed by atoms with Crippen molar-refractivity contribution in [1.82, 2.24) is 5.32 Å². The second-order valence-electron chi connectivity index (χ2n) is 6.14. The zero-order valence-electron chi connectivity index (χ0n) is 11.5. The van der Waals surface area contributed by atoms with Gasteiger partial charge in [-0.1, -0.05) is 6.42 Å². The number of fused-ring (bicyclic) bond motifs is 2. The third kappa shape index (κ3) is 3.45. The van der Waals surface area contributed by atoms with Gasteiger partial charge in [0.05, 0.1) is 6.10 Å². The van der Waals surface area contributed by atoms with Gasteiger partial charge < -0.3 is 15.8 Å². The molecule has 0 saturated heterocycles. The van der Waals surface area contributed by atoms with Gasteiger partial charge in [0.2, 0.25) is 5.91 Å². The van der Waals surface area contributed by atoms with E-state index in [2.05, 4.69) is 5.32 Å². The summed E-state index contributed by atoms with van der Waals surface area (Å²) >= 11 is 0. The molecule has 0 aromatic rings. The van der Waals surface area contributed by atoms with Gasteiger partial charge in [-0.05, 0) is 51.4 Å². The SMILES string of the molecule is CC(C)OCC(=O)NC1C2CCCC1CC(N)C2. The largest absolute Gasteiger partial charge is 0.369 e. The predicted molar refractivity (Wildman–Crippen MR) is 71.1 cm³/mol. The lowest BCUT2D eigenvalue weighted by Gasteiger charge is -2.45. The van der Waals surface area contributed by atoms with Crippen LogP contribution in [0.15, 0.2) is 0 Å². The minimum atomic E-state index is 0.0288. The molecule has 0 radical (unpaired) electrons. The molecule has 18 heavy (non-hydrogen) atoms. The van der Waals surface area contributed by atoms with Gasteiger partial charge in [0.15, 0.2) is 0 Å². The van der Waals surface area contributed by atoms with Crippen molar-refractivity contribution in [2.75, 3.05) is 6.61 Å². The van der Waals surface area contributed by atoms with Gasteiger partial charge in [-0.3, -0.25) is 4.79 Å². The smallest absolute Gasteiger partial charge is 0.246 e. The van der Waals surface area contributed by atoms with Crippen LogP contribution < -0.4 is 11.1 Å². The molecule has 4 heteroatoms. The fourth-order valence-corrected chi connectivity index (χ4v) is 3.49. The molecule has 0 aromatic carbocycles. The van der Waals surface area contributed by atoms with Crippen LogP contribution >= 0.6 is 0 Å². The van der Waals surface area contributed by atoms with Crippen molar-refractivity contribution >= 4 is 5.91 Å². The molecule has 3 N–H and O–H groups in total. The van der Waals surface area contributed by atoms with Crippen LogP contribution in [-0.2, 0) is 9.53 Å². The monoisotopic (exact) mass is 254 g/mol. The molecule has 2 rings (SSSR count). The van der Waals surface area contributed by atoms with E-state index in [0.29, 0.717) is 23.9 Å². The second-order valence-corrected chi connectivity index (χ2v) is 6.14. The second kappa shape index (κ2) is 6.02. The number of carbonyl (C=O) groups is 1. The fraction of sp³-hybridized carbons (Fsp3) is 0.929. The molecule has 1 amide bonds. The minimum Gasteiger partial charge on any atom is -0.369 e. The van der Waals surface area contributed by atoms with E-state index in [4.69, 9.17) is 10.5 Å². The van der Waals surface area contributed by atoms with Crippen molar-refractivity contribution in [2.24, 2.45) is 17.6 Å². The average Bonchev–Trinajstić information content (AvgIpc) is 2.27. The molecule has 0 spiro atoms. The number of nitrogens with one attached hydrogen (secondary N) is 1. The van der Waals surface area contributed by atoms with Crippen LogP contribution in [0.25, 0.3) is 0 Å². The summed E-state index contributed by atoms with van der Waals surface area (Å²) in [5.41, 5.74) is 6.08. The molecule has 2 aliphatic rings. The van der Waals surface area contributed by atoms with E-state index in [9.17, 15) is 4.79 Å². The summed E-state index contributed by atoms with van der Waals surface area (Å²) < 4.78 is 5.35. The van der Waals surface area contributed by atoms with Crippen LogP contribution in [-0.4, -0.2) is 30.7 Å². The summed E-state index contributed by atoms with van der Waals surface area (Å²) in [6, 6.07) is 0.669. The van der Waals surface area contributed by atoms with Crippen molar-refractivity contribution in [3.8, 4) is 0 Å². The Morgan fingerprint density at radius 3 is 2.50 bits per heavy atom. The van der Waals surface area contributed by atoms with Gasteiger partial charge in [0.1, 0.15) is 6.61 Å². The summed E-state index contributed by atoms with van der Waals surface area (Å²) in [5.74, 6) is 1.19. The summed E-state index contributed by atoms with van der Waals surface area (Å²) in [4.78, 5) is 11.9. The molecule has 0 aromatic heterocycles. The average molecular weight is 254 g/mol. The summed E-state index contributed by atoms with van der Waals surface area (Å²) in [6.07, 6.45) is 5.94. The quantitative estimate of drug-likeness (QED) is 0.798. The number of nitrogens with two attached hydrogens (primary N) is 1. The minimum absolute atomic E-state index is 0.0288. The van der Waals surface area contributed by atoms with E-state index >= 15 is 0 Å². The molecule has 4 nitrogen and oxygen atoms in total. The lowest BCUT2D eigenvalue weighted by molar-refractivity contribution is -0.129. The van der Waals surface area contributed by atoms with Crippen molar-refractivity contribution in [3.63, 3.8) is 0 Å². The zero-order chi connectivity index (χ0) is 13.1. The first-order valence-electron chi connectivity index (χ1n) is 7.22. The molecule has 2 atom stereocenters. The number of rotatable bonds is 4. The molecule has 2 aliphatic carbocycles. The molecular weight excluding hydrogens is 228 g/mol. The van der Waals surface area contributed by atoms with Crippen molar-refractivity contribution in [3.05, 3.63) is 0 Å². The summed E-state index contributed by atoms with van der Waals surface area (Å²) in [5, 5.41) is 3.18. The van der Waals surface area contributed by atoms with Gasteiger partial charge in [0.25, 0.3) is 0 Å². The van der Waals surface area contributed by atoms with Gasteiger partial charge in [-0.15, -0.1) is 0 Å². The number of hydrogen-bond donors (Lipinski definition) is 2. The highest BCUT2D eigenvalue weighted by Gasteiger charge is 2.39. The van der Waals surface area contributed by atoms with Crippen LogP contribution in [0.5, 0.6) is 0 Å². The number of ether oxygens (including phenoxy) is 1. The molecule has 2 bridgehead atoms. The Bertz CT molecular complexity index is 280. The Labute approximate surface area is 110 Å². The summed E-state index contributed by atoms with van der Waals surface area (Å²) in [7, 11) is 0. The Morgan fingerprint density at radius 2 is 1.94 bits per heavy atom. The number of carbonyl (C=O) groups excluding carboxylic acids is 1. The van der Waals surface area contributed by atoms with Gasteiger partial charge in [0, 0.05) is 12.1 Å². The van der Waals surface area contributed by atoms with Crippen LogP contribution in [0.1, 0.15) is 46.0 Å². The third-order valence-corrected chi connectivity index (χ3v) is 4.25. The van der Waals surface area contributed by atoms with Crippen LogP contribution in [0, 0.1) is 11.8 Å². The Balaban J connectivity index is 1.86. The fourth-order valence-electron chi connectivity index (χ4n) is 3.49. The van der Waals surface area contributed by atoms with Gasteiger partial charge >= 0.3 is 0 Å². The topological polar surface area (TPSA) is 64.3 Å². The van der Waals surface area contributed by atoms with E-state index in [1.54, 1.807) is 0 Å². The maximum absolute atomic E-state index is 11.9. The molecule has 2 unspecified atom stereocenters. The molecular formula is C14H26N2O2. The normalized spacial score (nSPS) is 35.6. The highest BCUT2D eigenvalue weighted by molar-refractivity contribution is 5.77. The van der Waals surface area contributed by atoms with E-state index in [-0.39, 0.29) is 18.6 Å². The van der Waals surface area contributed by atoms with Gasteiger partial charge in [-0.2, -0.15) is 0 Å². The van der Waals surface area contributed by atoms with Gasteiger partial charge in [-0.25, -0.2) is 0 Å². The predicted octanol–water partition coefficient (Wildman–Crippen LogP) is 1.43. The van der Waals surface area contributed by atoms with Crippen LogP contribution in [0.3, 0.4) is 0 Å². The number of amides is 1. The highest BCUT2D eigenvalue weighted by atomic mass is 16.5. The van der Waals surface area contributed by atoms with E-state index in [1.807, 2.05) is 13.8 Å². The first-order valence-corrected chi connectivity index (χ1v) is 7.22. The Hall–Kier alpha value is -0.610. The first-order chi connectivity index (χ1) is 8.56. The van der Waals surface area contributed by atoms with Crippen molar-refractivity contribution < 1.29 is 9.53 Å². The Morgan fingerprint density at radius 1 is 1.33 bits per heavy atom. The van der Waals surface area contributed by atoms with E-state index in [1.165, 1.54) is 19.3 Å². The van der Waals surface area contributed by atoms with Crippen molar-refractivity contribution in [1.29, 1.82) is 0 Å². The number of hydrogen-bond acceptors (Lipinski definition) is 3.